The van der Waals surface area contributed by atoms with E-state index in [1.54, 1.807) is 13.8 Å². The van der Waals surface area contributed by atoms with Gasteiger partial charge in [0.1, 0.15) is 0 Å². The number of esters is 1. The Kier molecular flexibility index (Phi) is 4.53. The summed E-state index contributed by atoms with van der Waals surface area (Å²) in [4.78, 5) is 22.8. The zero-order valence-corrected chi connectivity index (χ0v) is 10.5. The molecule has 0 heterocycles. The number of nitrogen functional groups attached to an aromatic ring is 1. The van der Waals surface area contributed by atoms with Gasteiger partial charge in [-0.2, -0.15) is 0 Å². The summed E-state index contributed by atoms with van der Waals surface area (Å²) in [6.45, 7) is 3.47. The molecule has 0 unspecified atom stereocenters. The molecule has 1 rings (SSSR count). The van der Waals surface area contributed by atoms with Gasteiger partial charge in [-0.3, -0.25) is 5.32 Å². The summed E-state index contributed by atoms with van der Waals surface area (Å²) in [5.74, 6) is -0.525. The lowest BCUT2D eigenvalue weighted by Gasteiger charge is -2.10. The Morgan fingerprint density at radius 3 is 2.50 bits per heavy atom. The van der Waals surface area contributed by atoms with E-state index in [-0.39, 0.29) is 11.7 Å². The highest BCUT2D eigenvalue weighted by molar-refractivity contribution is 5.94. The van der Waals surface area contributed by atoms with E-state index in [1.165, 1.54) is 25.3 Å². The topological polar surface area (TPSA) is 90.6 Å². The molecule has 0 aliphatic rings. The van der Waals surface area contributed by atoms with Crippen molar-refractivity contribution in [3.63, 3.8) is 0 Å². The van der Waals surface area contributed by atoms with Crippen molar-refractivity contribution < 1.29 is 19.1 Å². The number of methoxy groups -OCH3 is 1. The van der Waals surface area contributed by atoms with E-state index in [0.29, 0.717) is 11.4 Å². The van der Waals surface area contributed by atoms with Crippen LogP contribution in [-0.4, -0.2) is 25.3 Å². The number of hydrogen-bond acceptors (Lipinski definition) is 5. The van der Waals surface area contributed by atoms with Gasteiger partial charge in [-0.05, 0) is 32.0 Å². The monoisotopic (exact) mass is 252 g/mol. The second kappa shape index (κ2) is 5.90. The number of nitrogens with two attached hydrogens (primary N) is 1. The van der Waals surface area contributed by atoms with Crippen LogP contribution in [0.2, 0.25) is 0 Å². The third kappa shape index (κ3) is 3.97. The van der Waals surface area contributed by atoms with Gasteiger partial charge in [0, 0.05) is 11.4 Å². The summed E-state index contributed by atoms with van der Waals surface area (Å²) in [5, 5.41) is 2.48. The van der Waals surface area contributed by atoms with E-state index in [1.807, 2.05) is 0 Å². The van der Waals surface area contributed by atoms with Gasteiger partial charge in [-0.1, -0.05) is 0 Å². The number of hydrogen-bond donors (Lipinski definition) is 2. The number of rotatable bonds is 3. The van der Waals surface area contributed by atoms with Gasteiger partial charge in [0.25, 0.3) is 0 Å². The Morgan fingerprint density at radius 1 is 1.28 bits per heavy atom. The molecule has 6 nitrogen and oxygen atoms in total. The predicted molar refractivity (Wildman–Crippen MR) is 67.4 cm³/mol. The number of benzene rings is 1. The minimum atomic E-state index is -0.605. The molecule has 0 radical (unpaired) electrons. The molecule has 1 amide bonds. The number of amides is 1. The van der Waals surface area contributed by atoms with E-state index in [0.717, 1.165) is 0 Å². The lowest BCUT2D eigenvalue weighted by molar-refractivity contribution is 0.0600. The Bertz CT molecular complexity index is 457. The van der Waals surface area contributed by atoms with Crippen LogP contribution in [0.5, 0.6) is 0 Å². The quantitative estimate of drug-likeness (QED) is 0.634. The highest BCUT2D eigenvalue weighted by Crippen LogP contribution is 2.17. The second-order valence-corrected chi connectivity index (χ2v) is 3.91. The van der Waals surface area contributed by atoms with E-state index in [4.69, 9.17) is 10.5 Å². The van der Waals surface area contributed by atoms with Gasteiger partial charge in [0.05, 0.1) is 18.8 Å². The molecule has 0 atom stereocenters. The van der Waals surface area contributed by atoms with Crippen molar-refractivity contribution in [2.75, 3.05) is 18.2 Å². The molecule has 0 fully saturated rings. The van der Waals surface area contributed by atoms with Crippen LogP contribution in [0.1, 0.15) is 24.2 Å². The highest BCUT2D eigenvalue weighted by atomic mass is 16.6. The first-order valence-corrected chi connectivity index (χ1v) is 5.39. The van der Waals surface area contributed by atoms with Crippen LogP contribution in [0.3, 0.4) is 0 Å². The summed E-state index contributed by atoms with van der Waals surface area (Å²) in [6, 6.07) is 4.45. The molecule has 1 aromatic rings. The normalized spacial score (nSPS) is 10.0. The summed E-state index contributed by atoms with van der Waals surface area (Å²) in [5.41, 5.74) is 6.61. The smallest absolute Gasteiger partial charge is 0.411 e. The average Bonchev–Trinajstić information content (AvgIpc) is 2.25. The fraction of sp³-hybridized carbons (Fsp3) is 0.333. The molecule has 0 spiro atoms. The number of ether oxygens (including phenoxy) is 2. The van der Waals surface area contributed by atoms with Crippen LogP contribution in [0, 0.1) is 0 Å². The summed E-state index contributed by atoms with van der Waals surface area (Å²) in [7, 11) is 1.27. The van der Waals surface area contributed by atoms with Crippen molar-refractivity contribution in [2.24, 2.45) is 0 Å². The van der Waals surface area contributed by atoms with Gasteiger partial charge < -0.3 is 15.2 Å². The number of carbonyl (C=O) groups is 2. The predicted octanol–water partition coefficient (Wildman–Crippen LogP) is 2.01. The van der Waals surface area contributed by atoms with Crippen molar-refractivity contribution in [3.05, 3.63) is 23.8 Å². The fourth-order valence-corrected chi connectivity index (χ4v) is 1.32. The van der Waals surface area contributed by atoms with Crippen LogP contribution in [0.15, 0.2) is 18.2 Å². The van der Waals surface area contributed by atoms with Gasteiger partial charge in [-0.25, -0.2) is 9.59 Å². The Balaban J connectivity index is 2.86. The minimum Gasteiger partial charge on any atom is -0.465 e. The zero-order valence-electron chi connectivity index (χ0n) is 10.5. The molecule has 0 aromatic heterocycles. The fourth-order valence-electron chi connectivity index (χ4n) is 1.32. The largest absolute Gasteiger partial charge is 0.465 e. The first-order valence-electron chi connectivity index (χ1n) is 5.39. The number of carbonyl (C=O) groups excluding carboxylic acids is 2. The average molecular weight is 252 g/mol. The van der Waals surface area contributed by atoms with Crippen molar-refractivity contribution >= 4 is 23.4 Å². The van der Waals surface area contributed by atoms with Crippen molar-refractivity contribution in [3.8, 4) is 0 Å². The highest BCUT2D eigenvalue weighted by Gasteiger charge is 2.10. The standard InChI is InChI=1S/C12H16N2O4/c1-7(2)18-12(16)14-10-5-8(11(15)17-3)4-9(13)6-10/h4-7H,13H2,1-3H3,(H,14,16). The second-order valence-electron chi connectivity index (χ2n) is 3.91. The molecule has 0 aliphatic carbocycles. The third-order valence-corrected chi connectivity index (χ3v) is 1.97. The maximum absolute atomic E-state index is 11.4. The maximum atomic E-state index is 11.4. The molecule has 0 saturated carbocycles. The molecule has 0 aliphatic heterocycles. The van der Waals surface area contributed by atoms with E-state index < -0.39 is 12.1 Å². The lowest BCUT2D eigenvalue weighted by atomic mass is 10.2. The molecule has 6 heteroatoms. The van der Waals surface area contributed by atoms with Gasteiger partial charge in [0.2, 0.25) is 0 Å². The maximum Gasteiger partial charge on any atom is 0.411 e. The Hall–Kier alpha value is -2.24. The Morgan fingerprint density at radius 2 is 1.94 bits per heavy atom. The van der Waals surface area contributed by atoms with E-state index in [9.17, 15) is 9.59 Å². The molecule has 1 aromatic carbocycles. The van der Waals surface area contributed by atoms with Gasteiger partial charge >= 0.3 is 12.1 Å². The molecule has 0 bridgehead atoms. The first kappa shape index (κ1) is 13.8. The zero-order chi connectivity index (χ0) is 13.7. The van der Waals surface area contributed by atoms with Gasteiger partial charge in [-0.15, -0.1) is 0 Å². The van der Waals surface area contributed by atoms with Crippen LogP contribution >= 0.6 is 0 Å². The molecular weight excluding hydrogens is 236 g/mol. The molecule has 98 valence electrons. The number of anilines is 2. The van der Waals surface area contributed by atoms with E-state index >= 15 is 0 Å². The minimum absolute atomic E-state index is 0.230. The molecule has 18 heavy (non-hydrogen) atoms. The SMILES string of the molecule is COC(=O)c1cc(N)cc(NC(=O)OC(C)C)c1. The van der Waals surface area contributed by atoms with Crippen molar-refractivity contribution in [2.45, 2.75) is 20.0 Å². The van der Waals surface area contributed by atoms with Crippen LogP contribution in [-0.2, 0) is 9.47 Å². The van der Waals surface area contributed by atoms with E-state index in [2.05, 4.69) is 10.1 Å². The van der Waals surface area contributed by atoms with Crippen molar-refractivity contribution in [1.82, 2.24) is 0 Å². The number of nitrogens with one attached hydrogen (secondary N) is 1. The summed E-state index contributed by atoms with van der Waals surface area (Å²) in [6.07, 6.45) is -0.836. The Labute approximate surface area is 105 Å². The van der Waals surface area contributed by atoms with Crippen LogP contribution in [0.4, 0.5) is 16.2 Å². The molecule has 3 N–H and O–H groups in total. The first-order chi connectivity index (χ1) is 8.42. The van der Waals surface area contributed by atoms with Crippen molar-refractivity contribution in [1.29, 1.82) is 0 Å². The molecule has 0 saturated heterocycles. The lowest BCUT2D eigenvalue weighted by Crippen LogP contribution is -2.18. The van der Waals surface area contributed by atoms with Gasteiger partial charge in [0.15, 0.2) is 0 Å². The summed E-state index contributed by atoms with van der Waals surface area (Å²) < 4.78 is 9.49. The van der Waals surface area contributed by atoms with Crippen LogP contribution < -0.4 is 11.1 Å². The summed E-state index contributed by atoms with van der Waals surface area (Å²) >= 11 is 0. The van der Waals surface area contributed by atoms with Crippen LogP contribution in [0.25, 0.3) is 0 Å². The third-order valence-electron chi connectivity index (χ3n) is 1.97. The molecular formula is C12H16N2O4.